The molecule has 3 heteroatoms. The van der Waals surface area contributed by atoms with Crippen molar-refractivity contribution in [2.45, 2.75) is 0 Å². The van der Waals surface area contributed by atoms with Crippen molar-refractivity contribution < 1.29 is 4.74 Å². The van der Waals surface area contributed by atoms with Gasteiger partial charge in [0.1, 0.15) is 5.52 Å². The number of hydrogen-bond donors (Lipinski definition) is 1. The molecule has 1 N–H and O–H groups in total. The number of hydrogen-bond acceptors (Lipinski definition) is 2. The van der Waals surface area contributed by atoms with Gasteiger partial charge in [0.2, 0.25) is 5.88 Å². The SMILES string of the molecule is COc1nccc2c(-c3ccccc3)c[nH]c12. The molecule has 3 aromatic rings. The van der Waals surface area contributed by atoms with E-state index in [2.05, 4.69) is 22.1 Å². The molecule has 0 spiro atoms. The molecule has 0 unspecified atom stereocenters. The molecule has 3 rings (SSSR count). The number of pyridine rings is 1. The van der Waals surface area contributed by atoms with Gasteiger partial charge >= 0.3 is 0 Å². The first-order valence-corrected chi connectivity index (χ1v) is 5.45. The smallest absolute Gasteiger partial charge is 0.238 e. The summed E-state index contributed by atoms with van der Waals surface area (Å²) in [7, 11) is 1.63. The average Bonchev–Trinajstić information content (AvgIpc) is 2.83. The maximum absolute atomic E-state index is 5.23. The number of fused-ring (bicyclic) bond motifs is 1. The van der Waals surface area contributed by atoms with Crippen molar-refractivity contribution in [3.63, 3.8) is 0 Å². The van der Waals surface area contributed by atoms with E-state index in [1.807, 2.05) is 30.5 Å². The highest BCUT2D eigenvalue weighted by Crippen LogP contribution is 2.31. The van der Waals surface area contributed by atoms with Crippen LogP contribution in [0.4, 0.5) is 0 Å². The summed E-state index contributed by atoms with van der Waals surface area (Å²) in [6, 6.07) is 12.3. The van der Waals surface area contributed by atoms with Gasteiger partial charge in [-0.1, -0.05) is 30.3 Å². The minimum Gasteiger partial charge on any atom is -0.479 e. The molecule has 17 heavy (non-hydrogen) atoms. The highest BCUT2D eigenvalue weighted by atomic mass is 16.5. The average molecular weight is 224 g/mol. The first-order chi connectivity index (χ1) is 8.40. The summed E-state index contributed by atoms with van der Waals surface area (Å²) in [6.07, 6.45) is 3.76. The summed E-state index contributed by atoms with van der Waals surface area (Å²) < 4.78 is 5.23. The van der Waals surface area contributed by atoms with Crippen LogP contribution in [-0.2, 0) is 0 Å². The number of ether oxygens (including phenoxy) is 1. The van der Waals surface area contributed by atoms with Crippen LogP contribution in [0.15, 0.2) is 48.8 Å². The highest BCUT2D eigenvalue weighted by Gasteiger charge is 2.09. The molecule has 0 aliphatic heterocycles. The fraction of sp³-hybridized carbons (Fsp3) is 0.0714. The van der Waals surface area contributed by atoms with E-state index in [1.165, 1.54) is 11.1 Å². The molecule has 0 atom stereocenters. The monoisotopic (exact) mass is 224 g/mol. The maximum Gasteiger partial charge on any atom is 0.238 e. The van der Waals surface area contributed by atoms with Crippen LogP contribution in [-0.4, -0.2) is 17.1 Å². The standard InChI is InChI=1S/C14H12N2O/c1-17-14-13-11(7-8-15-14)12(9-16-13)10-5-3-2-4-6-10/h2-9,16H,1H3. The molecule has 1 aromatic carbocycles. The van der Waals surface area contributed by atoms with Crippen molar-refractivity contribution in [1.82, 2.24) is 9.97 Å². The topological polar surface area (TPSA) is 37.9 Å². The third-order valence-corrected chi connectivity index (χ3v) is 2.85. The molecule has 84 valence electrons. The number of nitrogens with zero attached hydrogens (tertiary/aromatic N) is 1. The largest absolute Gasteiger partial charge is 0.479 e. The van der Waals surface area contributed by atoms with E-state index in [9.17, 15) is 0 Å². The molecule has 3 nitrogen and oxygen atoms in total. The van der Waals surface area contributed by atoms with Crippen LogP contribution in [0.25, 0.3) is 22.0 Å². The van der Waals surface area contributed by atoms with Crippen molar-refractivity contribution in [3.05, 3.63) is 48.8 Å². The van der Waals surface area contributed by atoms with Gasteiger partial charge in [-0.25, -0.2) is 4.98 Å². The Hall–Kier alpha value is -2.29. The lowest BCUT2D eigenvalue weighted by Gasteiger charge is -2.01. The number of nitrogens with one attached hydrogen (secondary N) is 1. The molecule has 0 fully saturated rings. The molecule has 2 aromatic heterocycles. The second kappa shape index (κ2) is 3.94. The lowest BCUT2D eigenvalue weighted by atomic mass is 10.1. The number of aromatic nitrogens is 2. The molecule has 2 heterocycles. The van der Waals surface area contributed by atoms with Crippen molar-refractivity contribution in [2.75, 3.05) is 7.11 Å². The van der Waals surface area contributed by atoms with E-state index >= 15 is 0 Å². The zero-order chi connectivity index (χ0) is 11.7. The number of rotatable bonds is 2. The molecule has 0 radical (unpaired) electrons. The first kappa shape index (κ1) is 9.90. The van der Waals surface area contributed by atoms with E-state index in [1.54, 1.807) is 13.3 Å². The predicted molar refractivity (Wildman–Crippen MR) is 68.1 cm³/mol. The molecule has 0 aliphatic rings. The molecule has 0 saturated carbocycles. The minimum absolute atomic E-state index is 0.629. The van der Waals surface area contributed by atoms with Crippen LogP contribution >= 0.6 is 0 Å². The Morgan fingerprint density at radius 3 is 2.71 bits per heavy atom. The normalized spacial score (nSPS) is 10.6. The number of methoxy groups -OCH3 is 1. The van der Waals surface area contributed by atoms with Gasteiger partial charge in [-0.3, -0.25) is 0 Å². The third-order valence-electron chi connectivity index (χ3n) is 2.85. The summed E-state index contributed by atoms with van der Waals surface area (Å²) in [5.74, 6) is 0.629. The maximum atomic E-state index is 5.23. The zero-order valence-electron chi connectivity index (χ0n) is 9.47. The second-order valence-electron chi connectivity index (χ2n) is 3.81. The molecule has 0 amide bonds. The number of benzene rings is 1. The lowest BCUT2D eigenvalue weighted by Crippen LogP contribution is -1.87. The number of H-pyrrole nitrogens is 1. The minimum atomic E-state index is 0.629. The Labute approximate surface area is 99.1 Å². The second-order valence-corrected chi connectivity index (χ2v) is 3.81. The van der Waals surface area contributed by atoms with Gasteiger partial charge in [0.15, 0.2) is 0 Å². The Kier molecular flexibility index (Phi) is 2.29. The van der Waals surface area contributed by atoms with Gasteiger partial charge in [-0.15, -0.1) is 0 Å². The van der Waals surface area contributed by atoms with E-state index in [-0.39, 0.29) is 0 Å². The van der Waals surface area contributed by atoms with Crippen LogP contribution in [0.2, 0.25) is 0 Å². The summed E-state index contributed by atoms with van der Waals surface area (Å²) in [5, 5.41) is 1.13. The fourth-order valence-corrected chi connectivity index (χ4v) is 2.04. The molecular formula is C14H12N2O. The van der Waals surface area contributed by atoms with Gasteiger partial charge in [0.05, 0.1) is 7.11 Å². The van der Waals surface area contributed by atoms with Crippen LogP contribution in [0.3, 0.4) is 0 Å². The van der Waals surface area contributed by atoms with Gasteiger partial charge < -0.3 is 9.72 Å². The zero-order valence-corrected chi connectivity index (χ0v) is 9.47. The highest BCUT2D eigenvalue weighted by molar-refractivity contribution is 5.97. The Bertz CT molecular complexity index is 644. The molecular weight excluding hydrogens is 212 g/mol. The number of aromatic amines is 1. The quantitative estimate of drug-likeness (QED) is 0.725. The summed E-state index contributed by atoms with van der Waals surface area (Å²) in [5.41, 5.74) is 3.29. The summed E-state index contributed by atoms with van der Waals surface area (Å²) in [6.45, 7) is 0. The van der Waals surface area contributed by atoms with Gasteiger partial charge in [-0.05, 0) is 11.6 Å². The van der Waals surface area contributed by atoms with Crippen LogP contribution in [0.5, 0.6) is 5.88 Å². The van der Waals surface area contributed by atoms with E-state index in [4.69, 9.17) is 4.74 Å². The van der Waals surface area contributed by atoms with E-state index < -0.39 is 0 Å². The van der Waals surface area contributed by atoms with Gasteiger partial charge in [-0.2, -0.15) is 0 Å². The van der Waals surface area contributed by atoms with Crippen LogP contribution in [0.1, 0.15) is 0 Å². The third kappa shape index (κ3) is 1.56. The predicted octanol–water partition coefficient (Wildman–Crippen LogP) is 3.24. The fourth-order valence-electron chi connectivity index (χ4n) is 2.04. The summed E-state index contributed by atoms with van der Waals surface area (Å²) in [4.78, 5) is 7.40. The van der Waals surface area contributed by atoms with Gasteiger partial charge in [0, 0.05) is 23.3 Å². The van der Waals surface area contributed by atoms with Crippen molar-refractivity contribution in [1.29, 1.82) is 0 Å². The van der Waals surface area contributed by atoms with Crippen molar-refractivity contribution in [2.24, 2.45) is 0 Å². The van der Waals surface area contributed by atoms with Crippen molar-refractivity contribution >= 4 is 10.9 Å². The van der Waals surface area contributed by atoms with E-state index in [0.29, 0.717) is 5.88 Å². The molecule has 0 saturated heterocycles. The van der Waals surface area contributed by atoms with E-state index in [0.717, 1.165) is 10.9 Å². The van der Waals surface area contributed by atoms with Gasteiger partial charge in [0.25, 0.3) is 0 Å². The Morgan fingerprint density at radius 1 is 1.12 bits per heavy atom. The van der Waals surface area contributed by atoms with Crippen molar-refractivity contribution in [3.8, 4) is 17.0 Å². The lowest BCUT2D eigenvalue weighted by molar-refractivity contribution is 0.402. The Balaban J connectivity index is 2.26. The summed E-state index contributed by atoms with van der Waals surface area (Å²) >= 11 is 0. The first-order valence-electron chi connectivity index (χ1n) is 5.45. The molecule has 0 bridgehead atoms. The van der Waals surface area contributed by atoms with Crippen LogP contribution in [0, 0.1) is 0 Å². The molecule has 0 aliphatic carbocycles. The Morgan fingerprint density at radius 2 is 1.94 bits per heavy atom. The van der Waals surface area contributed by atoms with Crippen LogP contribution < -0.4 is 4.74 Å².